The van der Waals surface area contributed by atoms with Crippen LogP contribution in [-0.4, -0.2) is 15.7 Å². The summed E-state index contributed by atoms with van der Waals surface area (Å²) in [4.78, 5) is 13.4. The number of anilines is 2. The van der Waals surface area contributed by atoms with E-state index >= 15 is 4.57 Å². The van der Waals surface area contributed by atoms with E-state index in [4.69, 9.17) is 16.7 Å². The average molecular weight is 541 g/mol. The van der Waals surface area contributed by atoms with Crippen LogP contribution >= 0.6 is 18.9 Å². The van der Waals surface area contributed by atoms with E-state index in [1.54, 1.807) is 41.9 Å². The minimum absolute atomic E-state index is 0.332. The summed E-state index contributed by atoms with van der Waals surface area (Å²) in [5.74, 6) is 0.00220. The standard InChI is InChI=1S/C30H26ClN4O2P/c1-21-18-19-24(20-27(21)31)34-38(37,26-16-10-5-11-17-26)28-22(2)33-35(25-14-8-4-9-15-25)29(28)32-30(36)23-12-6-3-7-13-23/h3-20H,1-2H3,(H,32,36)(H,34,37). The summed E-state index contributed by atoms with van der Waals surface area (Å²) in [6.45, 7) is 3.71. The summed E-state index contributed by atoms with van der Waals surface area (Å²) >= 11 is 6.41. The third kappa shape index (κ3) is 5.01. The number of amides is 1. The molecule has 1 amide bonds. The lowest BCUT2D eigenvalue weighted by Crippen LogP contribution is -2.27. The van der Waals surface area contributed by atoms with E-state index < -0.39 is 7.29 Å². The summed E-state index contributed by atoms with van der Waals surface area (Å²) in [6.07, 6.45) is 0. The molecule has 0 fully saturated rings. The van der Waals surface area contributed by atoms with Crippen molar-refractivity contribution in [2.24, 2.45) is 0 Å². The van der Waals surface area contributed by atoms with Crippen LogP contribution in [0.3, 0.4) is 0 Å². The largest absolute Gasteiger partial charge is 0.329 e. The first-order valence-electron chi connectivity index (χ1n) is 12.1. The fourth-order valence-electron chi connectivity index (χ4n) is 4.27. The Bertz CT molecular complexity index is 1640. The highest BCUT2D eigenvalue weighted by atomic mass is 35.5. The molecule has 0 aliphatic heterocycles. The van der Waals surface area contributed by atoms with Gasteiger partial charge in [0.2, 0.25) is 7.29 Å². The molecule has 0 aliphatic rings. The van der Waals surface area contributed by atoms with E-state index in [0.717, 1.165) is 11.3 Å². The minimum atomic E-state index is -3.61. The van der Waals surface area contributed by atoms with Gasteiger partial charge in [-0.15, -0.1) is 0 Å². The topological polar surface area (TPSA) is 76.0 Å². The zero-order chi connectivity index (χ0) is 26.7. The normalized spacial score (nSPS) is 12.5. The molecule has 1 aromatic heterocycles. The molecule has 8 heteroatoms. The van der Waals surface area contributed by atoms with Crippen LogP contribution in [0.1, 0.15) is 21.6 Å². The number of hydrogen-bond donors (Lipinski definition) is 2. The molecule has 0 aliphatic carbocycles. The lowest BCUT2D eigenvalue weighted by molar-refractivity contribution is 0.102. The molecule has 0 bridgehead atoms. The number of halogens is 1. The molecule has 6 nitrogen and oxygen atoms in total. The highest BCUT2D eigenvalue weighted by Crippen LogP contribution is 2.47. The summed E-state index contributed by atoms with van der Waals surface area (Å²) in [7, 11) is -3.61. The molecule has 0 saturated heterocycles. The highest BCUT2D eigenvalue weighted by Gasteiger charge is 2.36. The summed E-state index contributed by atoms with van der Waals surface area (Å²) in [6, 6.07) is 33.0. The fraction of sp³-hybridized carbons (Fsp3) is 0.0667. The summed E-state index contributed by atoms with van der Waals surface area (Å²) < 4.78 is 16.9. The van der Waals surface area contributed by atoms with Crippen LogP contribution in [0.5, 0.6) is 0 Å². The minimum Gasteiger partial charge on any atom is -0.329 e. The molecule has 5 aromatic rings. The van der Waals surface area contributed by atoms with Gasteiger partial charge in [-0.3, -0.25) is 9.36 Å². The van der Waals surface area contributed by atoms with E-state index in [0.29, 0.717) is 38.4 Å². The molecule has 0 saturated carbocycles. The number of para-hydroxylation sites is 1. The first-order chi connectivity index (χ1) is 18.4. The Morgan fingerprint density at radius 3 is 2.08 bits per heavy atom. The number of nitrogens with one attached hydrogen (secondary N) is 2. The lowest BCUT2D eigenvalue weighted by atomic mass is 10.2. The van der Waals surface area contributed by atoms with Crippen molar-refractivity contribution in [1.82, 2.24) is 9.78 Å². The van der Waals surface area contributed by atoms with Crippen molar-refractivity contribution in [2.75, 3.05) is 10.4 Å². The zero-order valence-electron chi connectivity index (χ0n) is 20.9. The number of hydrogen-bond acceptors (Lipinski definition) is 3. The van der Waals surface area contributed by atoms with Gasteiger partial charge in [0.25, 0.3) is 5.91 Å². The second-order valence-corrected chi connectivity index (χ2v) is 11.7. The van der Waals surface area contributed by atoms with Crippen molar-refractivity contribution < 1.29 is 9.36 Å². The lowest BCUT2D eigenvalue weighted by Gasteiger charge is -2.23. The van der Waals surface area contributed by atoms with Gasteiger partial charge in [0.05, 0.1) is 11.4 Å². The molecular formula is C30H26ClN4O2P. The van der Waals surface area contributed by atoms with Crippen molar-refractivity contribution >= 4 is 46.9 Å². The SMILES string of the molecule is Cc1ccc(NP(=O)(c2ccccc2)c2c(C)nn(-c3ccccc3)c2NC(=O)c2ccccc2)cc1Cl. The Morgan fingerprint density at radius 2 is 1.45 bits per heavy atom. The second kappa shape index (κ2) is 10.7. The maximum absolute atomic E-state index is 15.2. The van der Waals surface area contributed by atoms with E-state index in [-0.39, 0.29) is 5.91 Å². The average Bonchev–Trinajstić information content (AvgIpc) is 3.28. The smallest absolute Gasteiger partial charge is 0.256 e. The van der Waals surface area contributed by atoms with Crippen LogP contribution in [0.25, 0.3) is 5.69 Å². The Hall–Kier alpha value is -4.12. The predicted molar refractivity (Wildman–Crippen MR) is 156 cm³/mol. The monoisotopic (exact) mass is 540 g/mol. The Kier molecular flexibility index (Phi) is 7.19. The fourth-order valence-corrected chi connectivity index (χ4v) is 6.99. The summed E-state index contributed by atoms with van der Waals surface area (Å²) in [5, 5.41) is 12.6. The molecule has 1 atom stereocenters. The molecule has 0 spiro atoms. The van der Waals surface area contributed by atoms with E-state index in [2.05, 4.69) is 10.4 Å². The molecule has 5 rings (SSSR count). The third-order valence-electron chi connectivity index (χ3n) is 6.19. The number of aromatic nitrogens is 2. The molecule has 0 radical (unpaired) electrons. The van der Waals surface area contributed by atoms with Crippen LogP contribution < -0.4 is 21.0 Å². The van der Waals surface area contributed by atoms with Gasteiger partial charge >= 0.3 is 0 Å². The van der Waals surface area contributed by atoms with Gasteiger partial charge in [-0.05, 0) is 67.9 Å². The summed E-state index contributed by atoms with van der Waals surface area (Å²) in [5.41, 5.74) is 3.23. The van der Waals surface area contributed by atoms with Crippen LogP contribution in [0.4, 0.5) is 11.5 Å². The van der Waals surface area contributed by atoms with Crippen molar-refractivity contribution in [1.29, 1.82) is 0 Å². The Balaban J connectivity index is 1.73. The molecule has 38 heavy (non-hydrogen) atoms. The second-order valence-electron chi connectivity index (χ2n) is 8.87. The zero-order valence-corrected chi connectivity index (χ0v) is 22.6. The van der Waals surface area contributed by atoms with Crippen LogP contribution in [0.2, 0.25) is 5.02 Å². The molecule has 190 valence electrons. The number of carbonyl (C=O) groups excluding carboxylic acids is 1. The highest BCUT2D eigenvalue weighted by molar-refractivity contribution is 7.80. The Labute approximate surface area is 226 Å². The van der Waals surface area contributed by atoms with Crippen LogP contribution in [0, 0.1) is 13.8 Å². The first-order valence-corrected chi connectivity index (χ1v) is 14.2. The number of rotatable bonds is 7. The van der Waals surface area contributed by atoms with Gasteiger partial charge in [-0.1, -0.05) is 72.3 Å². The first kappa shape index (κ1) is 25.5. The third-order valence-corrected chi connectivity index (χ3v) is 9.36. The van der Waals surface area contributed by atoms with E-state index in [1.807, 2.05) is 85.8 Å². The van der Waals surface area contributed by atoms with Crippen molar-refractivity contribution in [3.05, 3.63) is 131 Å². The molecular weight excluding hydrogens is 515 g/mol. The number of aryl methyl sites for hydroxylation is 2. The molecule has 2 N–H and O–H groups in total. The van der Waals surface area contributed by atoms with Gasteiger partial charge in [0.1, 0.15) is 11.1 Å². The van der Waals surface area contributed by atoms with Gasteiger partial charge in [0, 0.05) is 21.6 Å². The molecule has 1 heterocycles. The van der Waals surface area contributed by atoms with Crippen LogP contribution in [-0.2, 0) is 4.57 Å². The van der Waals surface area contributed by atoms with E-state index in [1.165, 1.54) is 0 Å². The molecule has 1 unspecified atom stereocenters. The maximum Gasteiger partial charge on any atom is 0.256 e. The van der Waals surface area contributed by atoms with Crippen molar-refractivity contribution in [2.45, 2.75) is 13.8 Å². The number of benzene rings is 4. The van der Waals surface area contributed by atoms with Gasteiger partial charge in [-0.25, -0.2) is 4.68 Å². The van der Waals surface area contributed by atoms with Crippen molar-refractivity contribution in [3.63, 3.8) is 0 Å². The maximum atomic E-state index is 15.2. The number of carbonyl (C=O) groups is 1. The van der Waals surface area contributed by atoms with Crippen LogP contribution in [0.15, 0.2) is 109 Å². The van der Waals surface area contributed by atoms with Gasteiger partial charge in [0.15, 0.2) is 0 Å². The number of nitrogens with zero attached hydrogens (tertiary/aromatic N) is 2. The van der Waals surface area contributed by atoms with Gasteiger partial charge in [-0.2, -0.15) is 5.10 Å². The van der Waals surface area contributed by atoms with Gasteiger partial charge < -0.3 is 10.4 Å². The van der Waals surface area contributed by atoms with E-state index in [9.17, 15) is 4.79 Å². The Morgan fingerprint density at radius 1 is 0.842 bits per heavy atom. The quantitative estimate of drug-likeness (QED) is 0.224. The predicted octanol–water partition coefficient (Wildman–Crippen LogP) is 6.74. The van der Waals surface area contributed by atoms with Crippen molar-refractivity contribution in [3.8, 4) is 5.69 Å². The molecule has 4 aromatic carbocycles.